The van der Waals surface area contributed by atoms with Crippen molar-refractivity contribution in [2.45, 2.75) is 46.1 Å². The number of aryl methyl sites for hydroxylation is 2. The Labute approximate surface area is 120 Å². The number of carboxylic acids is 1. The molecular formula is C16H23NO3. The number of hydrogen-bond donors (Lipinski definition) is 1. The third kappa shape index (κ3) is 5.03. The van der Waals surface area contributed by atoms with Gasteiger partial charge >= 0.3 is 5.97 Å². The number of carboxylic acid groups (broad SMARTS) is 1. The second-order valence-corrected chi connectivity index (χ2v) is 5.12. The molecule has 0 aliphatic carbocycles. The van der Waals surface area contributed by atoms with Crippen LogP contribution in [0, 0.1) is 6.92 Å². The smallest absolute Gasteiger partial charge is 0.305 e. The first-order valence-electron chi connectivity index (χ1n) is 7.00. The summed E-state index contributed by atoms with van der Waals surface area (Å²) in [5, 5.41) is 8.81. The van der Waals surface area contributed by atoms with E-state index in [4.69, 9.17) is 5.11 Å². The summed E-state index contributed by atoms with van der Waals surface area (Å²) in [6.07, 6.45) is 1.10. The highest BCUT2D eigenvalue weighted by Crippen LogP contribution is 2.11. The minimum atomic E-state index is -0.873. The molecule has 0 aliphatic heterocycles. The van der Waals surface area contributed by atoms with Crippen LogP contribution < -0.4 is 0 Å². The van der Waals surface area contributed by atoms with Gasteiger partial charge in [-0.25, -0.2) is 0 Å². The van der Waals surface area contributed by atoms with Crippen LogP contribution in [0.4, 0.5) is 0 Å². The van der Waals surface area contributed by atoms with Crippen molar-refractivity contribution in [3.05, 3.63) is 35.4 Å². The summed E-state index contributed by atoms with van der Waals surface area (Å²) in [7, 11) is 0. The first-order valence-corrected chi connectivity index (χ1v) is 7.00. The van der Waals surface area contributed by atoms with Gasteiger partial charge < -0.3 is 10.0 Å². The molecular weight excluding hydrogens is 254 g/mol. The Morgan fingerprint density at radius 3 is 2.60 bits per heavy atom. The van der Waals surface area contributed by atoms with Gasteiger partial charge in [0.15, 0.2) is 0 Å². The fourth-order valence-corrected chi connectivity index (χ4v) is 2.36. The van der Waals surface area contributed by atoms with Crippen molar-refractivity contribution in [2.75, 3.05) is 6.54 Å². The largest absolute Gasteiger partial charge is 0.481 e. The number of rotatable bonds is 7. The molecule has 0 fully saturated rings. The van der Waals surface area contributed by atoms with Gasteiger partial charge in [-0.3, -0.25) is 9.59 Å². The van der Waals surface area contributed by atoms with Crippen molar-refractivity contribution in [3.63, 3.8) is 0 Å². The number of amides is 1. The minimum absolute atomic E-state index is 0.00990. The molecule has 0 saturated heterocycles. The Hall–Kier alpha value is -1.84. The van der Waals surface area contributed by atoms with E-state index in [-0.39, 0.29) is 18.4 Å². The quantitative estimate of drug-likeness (QED) is 0.833. The highest BCUT2D eigenvalue weighted by molar-refractivity contribution is 5.77. The molecule has 0 saturated carbocycles. The maximum atomic E-state index is 12.2. The Kier molecular flexibility index (Phi) is 6.22. The fraction of sp³-hybridized carbons (Fsp3) is 0.500. The molecule has 1 amide bonds. The fourth-order valence-electron chi connectivity index (χ4n) is 2.36. The van der Waals surface area contributed by atoms with Gasteiger partial charge in [-0.2, -0.15) is 0 Å². The van der Waals surface area contributed by atoms with Gasteiger partial charge in [0, 0.05) is 19.0 Å². The molecule has 4 heteroatoms. The number of hydrogen-bond acceptors (Lipinski definition) is 2. The summed E-state index contributed by atoms with van der Waals surface area (Å²) in [5.41, 5.74) is 2.32. The van der Waals surface area contributed by atoms with E-state index >= 15 is 0 Å². The second-order valence-electron chi connectivity index (χ2n) is 5.12. The molecule has 1 N–H and O–H groups in total. The monoisotopic (exact) mass is 277 g/mol. The Morgan fingerprint density at radius 2 is 2.05 bits per heavy atom. The van der Waals surface area contributed by atoms with Gasteiger partial charge in [0.1, 0.15) is 0 Å². The molecule has 1 aromatic carbocycles. The van der Waals surface area contributed by atoms with Crippen LogP contribution in [0.1, 0.15) is 37.8 Å². The molecule has 1 aromatic rings. The van der Waals surface area contributed by atoms with E-state index in [1.807, 2.05) is 32.0 Å². The van der Waals surface area contributed by atoms with Crippen molar-refractivity contribution >= 4 is 11.9 Å². The van der Waals surface area contributed by atoms with Gasteiger partial charge in [0.2, 0.25) is 5.91 Å². The predicted octanol–water partition coefficient (Wildman–Crippen LogP) is 2.64. The Bertz CT molecular complexity index is 471. The van der Waals surface area contributed by atoms with Gasteiger partial charge in [-0.05, 0) is 32.8 Å². The van der Waals surface area contributed by atoms with Crippen molar-refractivity contribution in [1.82, 2.24) is 4.90 Å². The lowest BCUT2D eigenvalue weighted by molar-refractivity contribution is -0.140. The molecule has 110 valence electrons. The van der Waals surface area contributed by atoms with Crippen molar-refractivity contribution in [1.29, 1.82) is 0 Å². The molecule has 0 radical (unpaired) electrons. The molecule has 0 bridgehead atoms. The van der Waals surface area contributed by atoms with Gasteiger partial charge in [-0.1, -0.05) is 29.8 Å². The molecule has 1 unspecified atom stereocenters. The van der Waals surface area contributed by atoms with Crippen LogP contribution in [-0.4, -0.2) is 34.5 Å². The van der Waals surface area contributed by atoms with Crippen LogP contribution in [0.15, 0.2) is 24.3 Å². The topological polar surface area (TPSA) is 57.6 Å². The van der Waals surface area contributed by atoms with Crippen LogP contribution in [0.2, 0.25) is 0 Å². The third-order valence-electron chi connectivity index (χ3n) is 3.37. The summed E-state index contributed by atoms with van der Waals surface area (Å²) in [4.78, 5) is 24.6. The van der Waals surface area contributed by atoms with Crippen LogP contribution in [0.3, 0.4) is 0 Å². The lowest BCUT2D eigenvalue weighted by Crippen LogP contribution is -2.39. The van der Waals surface area contributed by atoms with Crippen LogP contribution in [0.25, 0.3) is 0 Å². The van der Waals surface area contributed by atoms with Crippen molar-refractivity contribution in [3.8, 4) is 0 Å². The zero-order chi connectivity index (χ0) is 15.1. The number of aliphatic carboxylic acids is 1. The van der Waals surface area contributed by atoms with Crippen molar-refractivity contribution < 1.29 is 14.7 Å². The summed E-state index contributed by atoms with van der Waals surface area (Å²) in [6.45, 7) is 6.23. The molecule has 0 aliphatic rings. The first kappa shape index (κ1) is 16.2. The maximum Gasteiger partial charge on any atom is 0.305 e. The normalized spacial score (nSPS) is 11.9. The Balaban J connectivity index is 2.57. The van der Waals surface area contributed by atoms with Crippen LogP contribution in [0.5, 0.6) is 0 Å². The van der Waals surface area contributed by atoms with E-state index in [2.05, 4.69) is 6.07 Å². The van der Waals surface area contributed by atoms with Gasteiger partial charge in [0.25, 0.3) is 0 Å². The van der Waals surface area contributed by atoms with Crippen molar-refractivity contribution in [2.24, 2.45) is 0 Å². The predicted molar refractivity (Wildman–Crippen MR) is 78.6 cm³/mol. The van der Waals surface area contributed by atoms with Gasteiger partial charge in [-0.15, -0.1) is 0 Å². The zero-order valence-corrected chi connectivity index (χ0v) is 12.4. The molecule has 4 nitrogen and oxygen atoms in total. The van der Waals surface area contributed by atoms with E-state index in [0.29, 0.717) is 19.4 Å². The summed E-state index contributed by atoms with van der Waals surface area (Å²) in [6, 6.07) is 7.84. The average molecular weight is 277 g/mol. The van der Waals surface area contributed by atoms with E-state index in [1.165, 1.54) is 5.56 Å². The minimum Gasteiger partial charge on any atom is -0.481 e. The number of carbonyl (C=O) groups excluding carboxylic acids is 1. The summed E-state index contributed by atoms with van der Waals surface area (Å²) < 4.78 is 0. The van der Waals surface area contributed by atoms with E-state index in [9.17, 15) is 9.59 Å². The highest BCUT2D eigenvalue weighted by Gasteiger charge is 2.20. The molecule has 0 heterocycles. The average Bonchev–Trinajstić information content (AvgIpc) is 2.36. The third-order valence-corrected chi connectivity index (χ3v) is 3.37. The number of nitrogens with zero attached hydrogens (tertiary/aromatic N) is 1. The molecule has 0 aromatic heterocycles. The van der Waals surface area contributed by atoms with E-state index < -0.39 is 5.97 Å². The van der Waals surface area contributed by atoms with Crippen LogP contribution in [-0.2, 0) is 16.0 Å². The first-order chi connectivity index (χ1) is 9.43. The molecule has 1 rings (SSSR count). The SMILES string of the molecule is CCN(C(=O)CCc1cccc(C)c1)C(C)CC(=O)O. The Morgan fingerprint density at radius 1 is 1.35 bits per heavy atom. The molecule has 20 heavy (non-hydrogen) atoms. The highest BCUT2D eigenvalue weighted by atomic mass is 16.4. The van der Waals surface area contributed by atoms with E-state index in [1.54, 1.807) is 11.8 Å². The molecule has 0 spiro atoms. The lowest BCUT2D eigenvalue weighted by atomic mass is 10.1. The second kappa shape index (κ2) is 7.68. The number of carbonyl (C=O) groups is 2. The summed E-state index contributed by atoms with van der Waals surface area (Å²) in [5.74, 6) is -0.856. The standard InChI is InChI=1S/C16H23NO3/c1-4-17(13(3)11-16(19)20)15(18)9-8-14-7-5-6-12(2)10-14/h5-7,10,13H,4,8-9,11H2,1-3H3,(H,19,20). The van der Waals surface area contributed by atoms with E-state index in [0.717, 1.165) is 5.56 Å². The molecule has 1 atom stereocenters. The maximum absolute atomic E-state index is 12.2. The number of benzene rings is 1. The lowest BCUT2D eigenvalue weighted by Gasteiger charge is -2.27. The van der Waals surface area contributed by atoms with Gasteiger partial charge in [0.05, 0.1) is 6.42 Å². The zero-order valence-electron chi connectivity index (χ0n) is 12.4. The van der Waals surface area contributed by atoms with Crippen LogP contribution >= 0.6 is 0 Å². The summed E-state index contributed by atoms with van der Waals surface area (Å²) >= 11 is 0.